The van der Waals surface area contributed by atoms with Crippen LogP contribution in [0.5, 0.6) is 0 Å². The number of benzene rings is 1. The minimum atomic E-state index is -0.831. The maximum atomic E-state index is 12.0. The van der Waals surface area contributed by atoms with E-state index >= 15 is 0 Å². The average Bonchev–Trinajstić information content (AvgIpc) is 3.08. The maximum Gasteiger partial charge on any atom is 0.252 e. The van der Waals surface area contributed by atoms with Gasteiger partial charge in [-0.3, -0.25) is 4.79 Å². The second-order valence-electron chi connectivity index (χ2n) is 7.52. The highest BCUT2D eigenvalue weighted by Gasteiger charge is 2.35. The number of rotatable bonds is 4. The van der Waals surface area contributed by atoms with Gasteiger partial charge in [-0.25, -0.2) is 4.52 Å². The number of carbonyl (C=O) groups is 1. The van der Waals surface area contributed by atoms with Crippen LogP contribution in [0.3, 0.4) is 0 Å². The molecule has 27 heavy (non-hydrogen) atoms. The van der Waals surface area contributed by atoms with E-state index in [9.17, 15) is 9.90 Å². The second kappa shape index (κ2) is 6.70. The number of amides is 1. The van der Waals surface area contributed by atoms with Crippen LogP contribution in [0.25, 0.3) is 16.6 Å². The zero-order valence-electron chi connectivity index (χ0n) is 15.4. The third-order valence-electron chi connectivity index (χ3n) is 5.50. The lowest BCUT2D eigenvalue weighted by Gasteiger charge is -2.38. The number of anilines is 1. The number of fused-ring (bicyclic) bond motifs is 1. The fourth-order valence-electron chi connectivity index (χ4n) is 3.90. The van der Waals surface area contributed by atoms with Gasteiger partial charge < -0.3 is 16.2 Å². The summed E-state index contributed by atoms with van der Waals surface area (Å²) in [5, 5.41) is 18.5. The normalized spacial score (nSPS) is 22.7. The maximum absolute atomic E-state index is 12.0. The Balaban J connectivity index is 1.82. The number of nitrogens with two attached hydrogens (primary N) is 1. The van der Waals surface area contributed by atoms with E-state index in [1.807, 2.05) is 49.5 Å². The first-order valence-corrected chi connectivity index (χ1v) is 9.31. The van der Waals surface area contributed by atoms with Crippen molar-refractivity contribution in [1.29, 1.82) is 0 Å². The molecule has 2 heterocycles. The molecule has 1 fully saturated rings. The Labute approximate surface area is 158 Å². The summed E-state index contributed by atoms with van der Waals surface area (Å²) in [6.07, 6.45) is 7.03. The van der Waals surface area contributed by atoms with Crippen LogP contribution in [-0.2, 0) is 0 Å². The lowest BCUT2D eigenvalue weighted by Crippen LogP contribution is -2.47. The molecule has 0 bridgehead atoms. The average molecular weight is 364 g/mol. The Morgan fingerprint density at radius 3 is 2.78 bits per heavy atom. The van der Waals surface area contributed by atoms with E-state index < -0.39 is 11.5 Å². The predicted molar refractivity (Wildman–Crippen MR) is 106 cm³/mol. The highest BCUT2D eigenvalue weighted by Crippen LogP contribution is 2.34. The molecule has 4 N–H and O–H groups in total. The van der Waals surface area contributed by atoms with Crippen LogP contribution in [0.15, 0.2) is 48.8 Å². The Hall–Kier alpha value is -2.86. The van der Waals surface area contributed by atoms with E-state index in [2.05, 4.69) is 10.4 Å². The number of primary amides is 1. The van der Waals surface area contributed by atoms with E-state index in [1.54, 1.807) is 4.52 Å². The van der Waals surface area contributed by atoms with Crippen molar-refractivity contribution in [2.45, 2.75) is 44.2 Å². The van der Waals surface area contributed by atoms with Gasteiger partial charge in [0.05, 0.1) is 34.6 Å². The monoisotopic (exact) mass is 364 g/mol. The van der Waals surface area contributed by atoms with Crippen molar-refractivity contribution in [3.8, 4) is 11.1 Å². The van der Waals surface area contributed by atoms with Crippen molar-refractivity contribution in [3.05, 3.63) is 54.4 Å². The SMILES string of the molecule is C[C@]1(O)CCCC[C@@H]1Nc1c(C(N)=O)cnn2cc(-c3ccccc3)cc12. The summed E-state index contributed by atoms with van der Waals surface area (Å²) in [6.45, 7) is 1.85. The van der Waals surface area contributed by atoms with Gasteiger partial charge in [-0.1, -0.05) is 43.2 Å². The quantitative estimate of drug-likeness (QED) is 0.663. The smallest absolute Gasteiger partial charge is 0.252 e. The minimum absolute atomic E-state index is 0.148. The molecule has 0 unspecified atom stereocenters. The molecule has 1 amide bonds. The summed E-state index contributed by atoms with van der Waals surface area (Å²) >= 11 is 0. The van der Waals surface area contributed by atoms with Crippen molar-refractivity contribution in [3.63, 3.8) is 0 Å². The predicted octanol–water partition coefficient (Wildman–Crippen LogP) is 3.21. The molecule has 1 aromatic carbocycles. The molecule has 4 rings (SSSR count). The number of nitrogens with one attached hydrogen (secondary N) is 1. The van der Waals surface area contributed by atoms with Crippen LogP contribution in [0.2, 0.25) is 0 Å². The minimum Gasteiger partial charge on any atom is -0.388 e. The first kappa shape index (κ1) is 17.5. The molecule has 0 spiro atoms. The summed E-state index contributed by atoms with van der Waals surface area (Å²) in [6, 6.07) is 11.9. The Morgan fingerprint density at radius 1 is 1.30 bits per heavy atom. The van der Waals surface area contributed by atoms with Crippen molar-refractivity contribution in [1.82, 2.24) is 9.61 Å². The van der Waals surface area contributed by atoms with Crippen molar-refractivity contribution >= 4 is 17.1 Å². The van der Waals surface area contributed by atoms with E-state index in [-0.39, 0.29) is 6.04 Å². The zero-order chi connectivity index (χ0) is 19.0. The number of hydrogen-bond acceptors (Lipinski definition) is 4. The Kier molecular flexibility index (Phi) is 4.36. The molecule has 6 nitrogen and oxygen atoms in total. The molecule has 0 aliphatic heterocycles. The van der Waals surface area contributed by atoms with Crippen LogP contribution in [0, 0.1) is 0 Å². The van der Waals surface area contributed by atoms with Crippen LogP contribution in [0.1, 0.15) is 43.0 Å². The number of aliphatic hydroxyl groups is 1. The lowest BCUT2D eigenvalue weighted by molar-refractivity contribution is 0.0106. The first-order chi connectivity index (χ1) is 13.0. The van der Waals surface area contributed by atoms with E-state index in [4.69, 9.17) is 5.73 Å². The summed E-state index contributed by atoms with van der Waals surface area (Å²) in [7, 11) is 0. The second-order valence-corrected chi connectivity index (χ2v) is 7.52. The van der Waals surface area contributed by atoms with Crippen LogP contribution >= 0.6 is 0 Å². The van der Waals surface area contributed by atoms with E-state index in [0.29, 0.717) is 11.3 Å². The molecule has 0 saturated heterocycles. The van der Waals surface area contributed by atoms with Gasteiger partial charge in [-0.2, -0.15) is 5.10 Å². The summed E-state index contributed by atoms with van der Waals surface area (Å²) in [5.41, 5.74) is 8.58. The molecule has 140 valence electrons. The van der Waals surface area contributed by atoms with Crippen LogP contribution < -0.4 is 11.1 Å². The first-order valence-electron chi connectivity index (χ1n) is 9.31. The molecule has 1 aliphatic carbocycles. The van der Waals surface area contributed by atoms with Crippen molar-refractivity contribution < 1.29 is 9.90 Å². The summed E-state index contributed by atoms with van der Waals surface area (Å²) in [4.78, 5) is 12.0. The highest BCUT2D eigenvalue weighted by atomic mass is 16.3. The number of nitrogens with zero attached hydrogens (tertiary/aromatic N) is 2. The summed E-state index contributed by atoms with van der Waals surface area (Å²) < 4.78 is 1.74. The fraction of sp³-hybridized carbons (Fsp3) is 0.333. The molecule has 1 aliphatic rings. The number of carbonyl (C=O) groups excluding carboxylic acids is 1. The molecule has 2 aromatic heterocycles. The fourth-order valence-corrected chi connectivity index (χ4v) is 3.90. The van der Waals surface area contributed by atoms with E-state index in [0.717, 1.165) is 42.3 Å². The number of aromatic nitrogens is 2. The highest BCUT2D eigenvalue weighted by molar-refractivity contribution is 6.02. The molecule has 1 saturated carbocycles. The Morgan fingerprint density at radius 2 is 2.07 bits per heavy atom. The topological polar surface area (TPSA) is 92.6 Å². The molecular weight excluding hydrogens is 340 g/mol. The molecule has 3 aromatic rings. The van der Waals surface area contributed by atoms with Crippen molar-refractivity contribution in [2.75, 3.05) is 5.32 Å². The van der Waals surface area contributed by atoms with Gasteiger partial charge >= 0.3 is 0 Å². The van der Waals surface area contributed by atoms with Gasteiger partial charge in [0.25, 0.3) is 5.91 Å². The third kappa shape index (κ3) is 3.28. The van der Waals surface area contributed by atoms with Gasteiger partial charge in [0.1, 0.15) is 0 Å². The van der Waals surface area contributed by atoms with Crippen LogP contribution in [0.4, 0.5) is 5.69 Å². The third-order valence-corrected chi connectivity index (χ3v) is 5.50. The van der Waals surface area contributed by atoms with Crippen molar-refractivity contribution in [2.24, 2.45) is 5.73 Å². The standard InChI is InChI=1S/C21H24N4O2/c1-21(27)10-6-5-9-18(21)24-19-16(20(22)26)12-23-25-13-15(11-17(19)25)14-7-3-2-4-8-14/h2-4,7-8,11-13,18,24,27H,5-6,9-10H2,1H3,(H2,22,26)/t18-,21-/m0/s1. The van der Waals surface area contributed by atoms with Gasteiger partial charge in [0, 0.05) is 11.8 Å². The number of hydrogen-bond donors (Lipinski definition) is 3. The largest absolute Gasteiger partial charge is 0.388 e. The Bertz CT molecular complexity index is 979. The van der Waals surface area contributed by atoms with Gasteiger partial charge in [-0.15, -0.1) is 0 Å². The summed E-state index contributed by atoms with van der Waals surface area (Å²) in [5.74, 6) is -0.537. The lowest BCUT2D eigenvalue weighted by atomic mass is 9.81. The van der Waals surface area contributed by atoms with Gasteiger partial charge in [0.15, 0.2) is 0 Å². The zero-order valence-corrected chi connectivity index (χ0v) is 15.4. The van der Waals surface area contributed by atoms with E-state index in [1.165, 1.54) is 6.20 Å². The molecule has 2 atom stereocenters. The van der Waals surface area contributed by atoms with Gasteiger partial charge in [-0.05, 0) is 31.4 Å². The van der Waals surface area contributed by atoms with Gasteiger partial charge in [0.2, 0.25) is 0 Å². The molecule has 6 heteroatoms. The molecule has 0 radical (unpaired) electrons. The van der Waals surface area contributed by atoms with Crippen LogP contribution in [-0.4, -0.2) is 32.3 Å². The molecular formula is C21H24N4O2.